The zero-order valence-electron chi connectivity index (χ0n) is 15.4. The molecule has 0 unspecified atom stereocenters. The summed E-state index contributed by atoms with van der Waals surface area (Å²) in [6.07, 6.45) is 0.829. The summed E-state index contributed by atoms with van der Waals surface area (Å²) in [5.41, 5.74) is 0.583. The van der Waals surface area contributed by atoms with Crippen molar-refractivity contribution in [1.29, 1.82) is 0 Å². The van der Waals surface area contributed by atoms with Gasteiger partial charge in [0, 0.05) is 0 Å². The van der Waals surface area contributed by atoms with Gasteiger partial charge in [-0.1, -0.05) is 23.7 Å². The molecule has 2 aromatic carbocycles. The number of anilines is 1. The second kappa shape index (κ2) is 9.65. The quantitative estimate of drug-likeness (QED) is 0.718. The van der Waals surface area contributed by atoms with Gasteiger partial charge in [-0.25, -0.2) is 8.42 Å². The van der Waals surface area contributed by atoms with Crippen LogP contribution in [0.25, 0.3) is 0 Å². The van der Waals surface area contributed by atoms with Gasteiger partial charge in [-0.2, -0.15) is 13.5 Å². The van der Waals surface area contributed by atoms with Crippen molar-refractivity contribution in [2.45, 2.75) is 11.3 Å². The highest BCUT2D eigenvalue weighted by atomic mass is 35.5. The fraction of sp³-hybridized carbons (Fsp3) is 0.316. The van der Waals surface area contributed by atoms with Crippen molar-refractivity contribution < 1.29 is 17.9 Å². The number of benzene rings is 2. The Morgan fingerprint density at radius 2 is 2.04 bits per heavy atom. The molecule has 1 aliphatic rings. The molecule has 2 aromatic rings. The first-order valence-corrected chi connectivity index (χ1v) is 10.6. The van der Waals surface area contributed by atoms with Crippen molar-refractivity contribution in [2.75, 3.05) is 31.3 Å². The Balaban J connectivity index is 0.00000280. The van der Waals surface area contributed by atoms with Gasteiger partial charge in [-0.05, 0) is 55.8 Å². The highest BCUT2D eigenvalue weighted by Gasteiger charge is 2.25. The molecule has 0 aromatic heterocycles. The number of nitrogens with one attached hydrogen (secondary N) is 2. The maximum absolute atomic E-state index is 12.8. The Morgan fingerprint density at radius 1 is 1.29 bits per heavy atom. The van der Waals surface area contributed by atoms with Crippen LogP contribution in [0.1, 0.15) is 16.8 Å². The summed E-state index contributed by atoms with van der Waals surface area (Å²) in [5, 5.41) is 6.25. The summed E-state index contributed by atoms with van der Waals surface area (Å²) in [5.74, 6) is -0.0594. The summed E-state index contributed by atoms with van der Waals surface area (Å²) < 4.78 is 30.7. The average Bonchev–Trinajstić information content (AvgIpc) is 3.15. The third kappa shape index (κ3) is 5.20. The SMILES string of the molecule is COc1ccc(S(=O)(=O)C[C@H]2CCNC2)cc1C(=O)Nc1ccccc1Cl.S. The van der Waals surface area contributed by atoms with Crippen LogP contribution in [0.2, 0.25) is 5.02 Å². The smallest absolute Gasteiger partial charge is 0.259 e. The number of rotatable bonds is 6. The molecule has 1 atom stereocenters. The van der Waals surface area contributed by atoms with E-state index in [0.717, 1.165) is 13.0 Å². The second-order valence-electron chi connectivity index (χ2n) is 6.44. The number of carbonyl (C=O) groups excluding carboxylic acids is 1. The van der Waals surface area contributed by atoms with Crippen molar-refractivity contribution >= 4 is 46.5 Å². The fourth-order valence-corrected chi connectivity index (χ4v) is 4.93. The van der Waals surface area contributed by atoms with E-state index in [-0.39, 0.29) is 35.6 Å². The maximum atomic E-state index is 12.8. The number of para-hydroxylation sites is 1. The predicted octanol–water partition coefficient (Wildman–Crippen LogP) is 3.10. The van der Waals surface area contributed by atoms with E-state index in [9.17, 15) is 13.2 Å². The first-order chi connectivity index (χ1) is 12.9. The number of methoxy groups -OCH3 is 1. The molecule has 1 aliphatic heterocycles. The van der Waals surface area contributed by atoms with E-state index >= 15 is 0 Å². The molecular formula is C19H23ClN2O4S2. The zero-order chi connectivity index (χ0) is 19.4. The largest absolute Gasteiger partial charge is 0.496 e. The van der Waals surface area contributed by atoms with E-state index in [0.29, 0.717) is 23.0 Å². The van der Waals surface area contributed by atoms with Gasteiger partial charge in [0.05, 0.1) is 34.0 Å². The Morgan fingerprint density at radius 3 is 2.68 bits per heavy atom. The van der Waals surface area contributed by atoms with Gasteiger partial charge in [0.2, 0.25) is 0 Å². The lowest BCUT2D eigenvalue weighted by Gasteiger charge is -2.14. The van der Waals surface area contributed by atoms with Crippen LogP contribution in [0.4, 0.5) is 5.69 Å². The molecule has 0 aliphatic carbocycles. The monoisotopic (exact) mass is 442 g/mol. The van der Waals surface area contributed by atoms with Crippen LogP contribution >= 0.6 is 25.1 Å². The van der Waals surface area contributed by atoms with Crippen LogP contribution in [0.5, 0.6) is 5.75 Å². The molecule has 1 fully saturated rings. The fourth-order valence-electron chi connectivity index (χ4n) is 3.07. The van der Waals surface area contributed by atoms with Crippen molar-refractivity contribution in [1.82, 2.24) is 5.32 Å². The molecule has 6 nitrogen and oxygen atoms in total. The van der Waals surface area contributed by atoms with E-state index in [1.807, 2.05) is 0 Å². The molecule has 1 heterocycles. The molecule has 3 rings (SSSR count). The molecule has 1 amide bonds. The average molecular weight is 443 g/mol. The van der Waals surface area contributed by atoms with E-state index in [1.54, 1.807) is 24.3 Å². The van der Waals surface area contributed by atoms with E-state index in [1.165, 1.54) is 25.3 Å². The van der Waals surface area contributed by atoms with Gasteiger partial charge in [-0.3, -0.25) is 4.79 Å². The van der Waals surface area contributed by atoms with Gasteiger partial charge in [0.1, 0.15) is 5.75 Å². The molecule has 2 N–H and O–H groups in total. The summed E-state index contributed by atoms with van der Waals surface area (Å²) in [6.45, 7) is 1.52. The molecule has 0 saturated carbocycles. The molecule has 0 bridgehead atoms. The Hall–Kier alpha value is -1.74. The lowest BCUT2D eigenvalue weighted by atomic mass is 10.1. The van der Waals surface area contributed by atoms with Crippen LogP contribution in [-0.2, 0) is 9.84 Å². The summed E-state index contributed by atoms with van der Waals surface area (Å²) in [6, 6.07) is 11.2. The lowest BCUT2D eigenvalue weighted by Crippen LogP contribution is -2.20. The van der Waals surface area contributed by atoms with E-state index < -0.39 is 15.7 Å². The number of ether oxygens (including phenoxy) is 1. The summed E-state index contributed by atoms with van der Waals surface area (Å²) in [4.78, 5) is 12.8. The number of sulfone groups is 1. The number of carbonyl (C=O) groups is 1. The Kier molecular flexibility index (Phi) is 7.77. The highest BCUT2D eigenvalue weighted by molar-refractivity contribution is 7.91. The first kappa shape index (κ1) is 22.5. The molecule has 0 radical (unpaired) electrons. The second-order valence-corrected chi connectivity index (χ2v) is 8.88. The molecule has 1 saturated heterocycles. The highest BCUT2D eigenvalue weighted by Crippen LogP contribution is 2.27. The minimum Gasteiger partial charge on any atom is -0.496 e. The molecule has 152 valence electrons. The van der Waals surface area contributed by atoms with E-state index in [4.69, 9.17) is 16.3 Å². The summed E-state index contributed by atoms with van der Waals surface area (Å²) in [7, 11) is -2.08. The van der Waals surface area contributed by atoms with Gasteiger partial charge in [0.15, 0.2) is 9.84 Å². The van der Waals surface area contributed by atoms with Crippen molar-refractivity contribution in [3.8, 4) is 5.75 Å². The number of hydrogen-bond acceptors (Lipinski definition) is 5. The van der Waals surface area contributed by atoms with Gasteiger partial charge in [-0.15, -0.1) is 0 Å². The molecule has 28 heavy (non-hydrogen) atoms. The van der Waals surface area contributed by atoms with E-state index in [2.05, 4.69) is 10.6 Å². The Bertz CT molecular complexity index is 945. The minimum atomic E-state index is -3.51. The molecule has 0 spiro atoms. The third-order valence-corrected chi connectivity index (χ3v) is 6.73. The molecule has 9 heteroatoms. The van der Waals surface area contributed by atoms with Gasteiger partial charge < -0.3 is 15.4 Å². The number of halogens is 1. The molecular weight excluding hydrogens is 420 g/mol. The van der Waals surface area contributed by atoms with Gasteiger partial charge >= 0.3 is 0 Å². The standard InChI is InChI=1S/C19H21ClN2O4S.H2S/c1-26-18-7-6-14(27(24,25)12-13-8-9-21-11-13)10-15(18)19(23)22-17-5-3-2-4-16(17)20;/h2-7,10,13,21H,8-9,11-12H2,1H3,(H,22,23);1H2/t13-;/m0./s1. The lowest BCUT2D eigenvalue weighted by molar-refractivity contribution is 0.102. The minimum absolute atomic E-state index is 0. The normalized spacial score (nSPS) is 16.3. The van der Waals surface area contributed by atoms with Crippen LogP contribution in [0.15, 0.2) is 47.4 Å². The van der Waals surface area contributed by atoms with Crippen molar-refractivity contribution in [2.24, 2.45) is 5.92 Å². The van der Waals surface area contributed by atoms with Crippen molar-refractivity contribution in [3.05, 3.63) is 53.1 Å². The number of amides is 1. The topological polar surface area (TPSA) is 84.5 Å². The zero-order valence-corrected chi connectivity index (χ0v) is 17.9. The van der Waals surface area contributed by atoms with Crippen LogP contribution in [0.3, 0.4) is 0 Å². The summed E-state index contributed by atoms with van der Waals surface area (Å²) >= 11 is 6.08. The first-order valence-electron chi connectivity index (χ1n) is 8.58. The van der Waals surface area contributed by atoms with Gasteiger partial charge in [0.25, 0.3) is 5.91 Å². The maximum Gasteiger partial charge on any atom is 0.259 e. The van der Waals surface area contributed by atoms with Crippen LogP contribution in [0, 0.1) is 5.92 Å². The van der Waals surface area contributed by atoms with Crippen LogP contribution in [-0.4, -0.2) is 40.3 Å². The third-order valence-electron chi connectivity index (χ3n) is 4.51. The predicted molar refractivity (Wildman–Crippen MR) is 116 cm³/mol. The number of hydrogen-bond donors (Lipinski definition) is 2. The Labute approximate surface area is 177 Å². The van der Waals surface area contributed by atoms with Crippen molar-refractivity contribution in [3.63, 3.8) is 0 Å². The van der Waals surface area contributed by atoms with Crippen LogP contribution < -0.4 is 15.4 Å².